The van der Waals surface area contributed by atoms with Crippen molar-refractivity contribution in [3.05, 3.63) is 41.1 Å². The van der Waals surface area contributed by atoms with Gasteiger partial charge in [-0.15, -0.1) is 0 Å². The number of para-hydroxylation sites is 1. The van der Waals surface area contributed by atoms with Crippen LogP contribution in [0, 0.1) is 34.0 Å². The van der Waals surface area contributed by atoms with E-state index in [1.54, 1.807) is 12.1 Å². The molecule has 0 fully saturated rings. The van der Waals surface area contributed by atoms with Gasteiger partial charge < -0.3 is 5.32 Å². The number of allylic oxidation sites excluding steroid dienone is 2. The third-order valence-corrected chi connectivity index (χ3v) is 2.58. The Hall–Kier alpha value is -2.77. The maximum Gasteiger partial charge on any atom is 0.163 e. The first kappa shape index (κ1) is 14.3. The van der Waals surface area contributed by atoms with Crippen LogP contribution in [0.2, 0.25) is 0 Å². The van der Waals surface area contributed by atoms with Crippen molar-refractivity contribution in [2.24, 2.45) is 0 Å². The van der Waals surface area contributed by atoms with Crippen molar-refractivity contribution < 1.29 is 0 Å². The van der Waals surface area contributed by atoms with Crippen LogP contribution < -0.4 is 5.32 Å². The second kappa shape index (κ2) is 5.71. The number of nitrogens with one attached hydrogen (secondary N) is 1. The quantitative estimate of drug-likeness (QED) is 0.817. The van der Waals surface area contributed by atoms with Crippen LogP contribution in [0.15, 0.2) is 35.5 Å². The van der Waals surface area contributed by atoms with E-state index in [9.17, 15) is 0 Å². The molecule has 0 saturated heterocycles. The highest BCUT2D eigenvalue weighted by atomic mass is 14.9. The molecule has 0 heterocycles. The zero-order valence-corrected chi connectivity index (χ0v) is 11.2. The molecule has 0 saturated carbocycles. The normalized spacial score (nSPS) is 9.68. The summed E-state index contributed by atoms with van der Waals surface area (Å²) in [6, 6.07) is 12.8. The lowest BCUT2D eigenvalue weighted by Crippen LogP contribution is -2.14. The van der Waals surface area contributed by atoms with Crippen molar-refractivity contribution in [1.29, 1.82) is 15.8 Å². The molecular weight excluding hydrogens is 236 g/mol. The summed E-state index contributed by atoms with van der Waals surface area (Å²) in [7, 11) is 0. The number of hydrogen-bond acceptors (Lipinski definition) is 4. The molecule has 4 nitrogen and oxygen atoms in total. The van der Waals surface area contributed by atoms with Gasteiger partial charge in [-0.2, -0.15) is 15.8 Å². The topological polar surface area (TPSA) is 83.4 Å². The van der Waals surface area contributed by atoms with Gasteiger partial charge in [0.2, 0.25) is 0 Å². The molecule has 1 aromatic rings. The van der Waals surface area contributed by atoms with E-state index in [0.717, 1.165) is 11.3 Å². The predicted octanol–water partition coefficient (Wildman–Crippen LogP) is 3.22. The molecule has 0 aliphatic heterocycles. The van der Waals surface area contributed by atoms with Gasteiger partial charge in [-0.05, 0) is 17.0 Å². The average molecular weight is 250 g/mol. The molecule has 0 bridgehead atoms. The Balaban J connectivity index is 3.30. The summed E-state index contributed by atoms with van der Waals surface area (Å²) >= 11 is 0. The molecular formula is C15H14N4. The van der Waals surface area contributed by atoms with Crippen LogP contribution in [0.1, 0.15) is 26.3 Å². The number of benzene rings is 1. The summed E-state index contributed by atoms with van der Waals surface area (Å²) in [6.07, 6.45) is 0. The Morgan fingerprint density at radius 2 is 1.58 bits per heavy atom. The van der Waals surface area contributed by atoms with Crippen molar-refractivity contribution in [3.63, 3.8) is 0 Å². The molecule has 0 spiro atoms. The molecule has 0 unspecified atom stereocenters. The van der Waals surface area contributed by atoms with Gasteiger partial charge in [0.25, 0.3) is 0 Å². The Bertz CT molecular complexity index is 612. The lowest BCUT2D eigenvalue weighted by Gasteiger charge is -2.23. The largest absolute Gasteiger partial charge is 0.345 e. The number of anilines is 1. The molecule has 4 heteroatoms. The van der Waals surface area contributed by atoms with Gasteiger partial charge in [0, 0.05) is 5.69 Å². The zero-order chi connectivity index (χ0) is 14.5. The van der Waals surface area contributed by atoms with E-state index in [1.165, 1.54) is 0 Å². The summed E-state index contributed by atoms with van der Waals surface area (Å²) in [5.74, 6) is 0. The molecule has 0 aliphatic rings. The van der Waals surface area contributed by atoms with E-state index in [0.29, 0.717) is 0 Å². The van der Waals surface area contributed by atoms with Crippen molar-refractivity contribution in [1.82, 2.24) is 0 Å². The van der Waals surface area contributed by atoms with E-state index in [2.05, 4.69) is 26.1 Å². The molecule has 1 rings (SSSR count). The Labute approximate surface area is 113 Å². The van der Waals surface area contributed by atoms with Gasteiger partial charge in [-0.1, -0.05) is 39.0 Å². The molecule has 0 radical (unpaired) electrons. The fourth-order valence-electron chi connectivity index (χ4n) is 1.66. The number of rotatable bonds is 2. The van der Waals surface area contributed by atoms with Gasteiger partial charge in [0.05, 0.1) is 0 Å². The standard InChI is InChI=1S/C15H14N4/c1-15(2,3)12-6-4-5-7-13(12)19-14(10-18)11(8-16)9-17/h4-7,19H,1-3H3. The minimum Gasteiger partial charge on any atom is -0.345 e. The monoisotopic (exact) mass is 250 g/mol. The first-order chi connectivity index (χ1) is 8.93. The smallest absolute Gasteiger partial charge is 0.163 e. The fraction of sp³-hybridized carbons (Fsp3) is 0.267. The predicted molar refractivity (Wildman–Crippen MR) is 72.6 cm³/mol. The number of nitrogens with zero attached hydrogens (tertiary/aromatic N) is 3. The highest BCUT2D eigenvalue weighted by Crippen LogP contribution is 2.30. The Kier molecular flexibility index (Phi) is 4.30. The van der Waals surface area contributed by atoms with Gasteiger partial charge in [0.15, 0.2) is 5.57 Å². The maximum absolute atomic E-state index is 9.04. The highest BCUT2D eigenvalue weighted by Gasteiger charge is 2.18. The number of nitriles is 3. The van der Waals surface area contributed by atoms with E-state index in [4.69, 9.17) is 15.8 Å². The van der Waals surface area contributed by atoms with Gasteiger partial charge in [-0.25, -0.2) is 0 Å². The zero-order valence-electron chi connectivity index (χ0n) is 11.2. The van der Waals surface area contributed by atoms with Gasteiger partial charge >= 0.3 is 0 Å². The van der Waals surface area contributed by atoms with E-state index in [-0.39, 0.29) is 16.7 Å². The average Bonchev–Trinajstić information content (AvgIpc) is 2.38. The molecule has 0 aromatic heterocycles. The third-order valence-electron chi connectivity index (χ3n) is 2.58. The maximum atomic E-state index is 9.04. The first-order valence-electron chi connectivity index (χ1n) is 5.75. The SMILES string of the molecule is CC(C)(C)c1ccccc1NC(C#N)=C(C#N)C#N. The molecule has 94 valence electrons. The molecule has 1 aromatic carbocycles. The van der Waals surface area contributed by atoms with E-state index >= 15 is 0 Å². The molecule has 1 N–H and O–H groups in total. The van der Waals surface area contributed by atoms with E-state index < -0.39 is 0 Å². The fourth-order valence-corrected chi connectivity index (χ4v) is 1.66. The van der Waals surface area contributed by atoms with Crippen LogP contribution in [0.3, 0.4) is 0 Å². The third kappa shape index (κ3) is 3.35. The van der Waals surface area contributed by atoms with Crippen LogP contribution in [-0.2, 0) is 5.41 Å². The summed E-state index contributed by atoms with van der Waals surface area (Å²) in [5, 5.41) is 29.5. The molecule has 0 aliphatic carbocycles. The van der Waals surface area contributed by atoms with Crippen molar-refractivity contribution in [2.75, 3.05) is 5.32 Å². The van der Waals surface area contributed by atoms with Gasteiger partial charge in [-0.3, -0.25) is 0 Å². The van der Waals surface area contributed by atoms with Crippen LogP contribution in [0.5, 0.6) is 0 Å². The minimum absolute atomic E-state index is 0.0262. The summed E-state index contributed by atoms with van der Waals surface area (Å²) in [5.41, 5.74) is 1.39. The second-order valence-electron chi connectivity index (χ2n) is 5.01. The molecule has 0 amide bonds. The lowest BCUT2D eigenvalue weighted by atomic mass is 9.86. The summed E-state index contributed by atoms with van der Waals surface area (Å²) in [4.78, 5) is 0. The molecule has 0 atom stereocenters. The van der Waals surface area contributed by atoms with Crippen LogP contribution in [-0.4, -0.2) is 0 Å². The lowest BCUT2D eigenvalue weighted by molar-refractivity contribution is 0.592. The minimum atomic E-state index is -0.216. The summed E-state index contributed by atoms with van der Waals surface area (Å²) in [6.45, 7) is 6.16. The molecule has 19 heavy (non-hydrogen) atoms. The van der Waals surface area contributed by atoms with Crippen LogP contribution in [0.25, 0.3) is 0 Å². The van der Waals surface area contributed by atoms with Crippen molar-refractivity contribution in [3.8, 4) is 18.2 Å². The Morgan fingerprint density at radius 1 is 1.00 bits per heavy atom. The van der Waals surface area contributed by atoms with Crippen LogP contribution in [0.4, 0.5) is 5.69 Å². The van der Waals surface area contributed by atoms with Crippen molar-refractivity contribution in [2.45, 2.75) is 26.2 Å². The highest BCUT2D eigenvalue weighted by molar-refractivity contribution is 5.62. The number of hydrogen-bond donors (Lipinski definition) is 1. The van der Waals surface area contributed by atoms with Crippen molar-refractivity contribution >= 4 is 5.69 Å². The van der Waals surface area contributed by atoms with Crippen LogP contribution >= 0.6 is 0 Å². The summed E-state index contributed by atoms with van der Waals surface area (Å²) < 4.78 is 0. The van der Waals surface area contributed by atoms with Gasteiger partial charge in [0.1, 0.15) is 23.9 Å². The first-order valence-corrected chi connectivity index (χ1v) is 5.75. The second-order valence-corrected chi connectivity index (χ2v) is 5.01. The Morgan fingerprint density at radius 3 is 2.05 bits per heavy atom. The van der Waals surface area contributed by atoms with E-state index in [1.807, 2.05) is 30.3 Å².